The van der Waals surface area contributed by atoms with Crippen molar-refractivity contribution in [2.75, 3.05) is 13.6 Å². The number of hydrogen-bond acceptors (Lipinski definition) is 2. The van der Waals surface area contributed by atoms with E-state index in [1.165, 1.54) is 0 Å². The highest BCUT2D eigenvalue weighted by atomic mass is 16.2. The van der Waals surface area contributed by atoms with Gasteiger partial charge in [0, 0.05) is 7.05 Å². The molecule has 5 heteroatoms. The molecule has 1 N–H and O–H groups in total. The van der Waals surface area contributed by atoms with Gasteiger partial charge in [0.1, 0.15) is 0 Å². The standard InChI is InChI=1S/C5H7N3O2/c1-8-2-4(10)7-5(8)6-3-9/h3H,2H2,1H3,(H,6,7,9,10). The number of likely N-dealkylation sites (N-methyl/N-ethyl adjacent to an activating group) is 1. The zero-order valence-electron chi connectivity index (χ0n) is 5.50. The third kappa shape index (κ3) is 1.12. The van der Waals surface area contributed by atoms with Gasteiger partial charge < -0.3 is 4.90 Å². The van der Waals surface area contributed by atoms with Crippen molar-refractivity contribution >= 4 is 18.3 Å². The summed E-state index contributed by atoms with van der Waals surface area (Å²) in [6.45, 7) is 0.271. The SMILES string of the molecule is CN1CC(=O)NC1=NC=O. The summed E-state index contributed by atoms with van der Waals surface area (Å²) in [4.78, 5) is 25.4. The van der Waals surface area contributed by atoms with Gasteiger partial charge in [0.2, 0.25) is 18.3 Å². The minimum atomic E-state index is -0.136. The van der Waals surface area contributed by atoms with Gasteiger partial charge in [0.15, 0.2) is 0 Å². The summed E-state index contributed by atoms with van der Waals surface area (Å²) >= 11 is 0. The molecule has 1 saturated heterocycles. The average molecular weight is 141 g/mol. The third-order valence-electron chi connectivity index (χ3n) is 1.17. The molecule has 1 aliphatic heterocycles. The van der Waals surface area contributed by atoms with Gasteiger partial charge in [-0.1, -0.05) is 0 Å². The lowest BCUT2D eigenvalue weighted by Crippen LogP contribution is -2.26. The van der Waals surface area contributed by atoms with Gasteiger partial charge in [-0.2, -0.15) is 4.99 Å². The molecule has 1 fully saturated rings. The fourth-order valence-electron chi connectivity index (χ4n) is 0.731. The molecular formula is C5H7N3O2. The summed E-state index contributed by atoms with van der Waals surface area (Å²) in [6.07, 6.45) is 0.400. The van der Waals surface area contributed by atoms with E-state index in [4.69, 9.17) is 0 Å². The topological polar surface area (TPSA) is 61.8 Å². The van der Waals surface area contributed by atoms with Crippen LogP contribution in [0.25, 0.3) is 0 Å². The Hall–Kier alpha value is -1.39. The molecule has 1 heterocycles. The molecule has 0 spiro atoms. The quantitative estimate of drug-likeness (QED) is 0.455. The maximum absolute atomic E-state index is 10.6. The number of carbonyl (C=O) groups is 2. The van der Waals surface area contributed by atoms with E-state index in [1.807, 2.05) is 0 Å². The Morgan fingerprint density at radius 1 is 1.80 bits per heavy atom. The Bertz CT molecular complexity index is 199. The predicted octanol–water partition coefficient (Wildman–Crippen LogP) is -1.44. The van der Waals surface area contributed by atoms with Crippen molar-refractivity contribution in [3.05, 3.63) is 0 Å². The molecule has 0 unspecified atom stereocenters. The number of nitrogens with one attached hydrogen (secondary N) is 1. The van der Waals surface area contributed by atoms with Crippen LogP contribution in [0.1, 0.15) is 0 Å². The van der Waals surface area contributed by atoms with E-state index < -0.39 is 0 Å². The zero-order valence-corrected chi connectivity index (χ0v) is 5.50. The van der Waals surface area contributed by atoms with Crippen LogP contribution in [0, 0.1) is 0 Å². The molecule has 0 aromatic carbocycles. The van der Waals surface area contributed by atoms with Crippen LogP contribution in [0.15, 0.2) is 4.99 Å². The summed E-state index contributed by atoms with van der Waals surface area (Å²) in [5.74, 6) is 0.183. The summed E-state index contributed by atoms with van der Waals surface area (Å²) in [5.41, 5.74) is 0. The van der Waals surface area contributed by atoms with Crippen LogP contribution in [0.2, 0.25) is 0 Å². The third-order valence-corrected chi connectivity index (χ3v) is 1.17. The first-order valence-corrected chi connectivity index (χ1v) is 2.76. The second-order valence-electron chi connectivity index (χ2n) is 1.96. The molecule has 0 bridgehead atoms. The van der Waals surface area contributed by atoms with Crippen LogP contribution in [0.3, 0.4) is 0 Å². The summed E-state index contributed by atoms with van der Waals surface area (Å²) in [5, 5.41) is 2.41. The lowest BCUT2D eigenvalue weighted by atomic mass is 10.6. The van der Waals surface area contributed by atoms with E-state index in [9.17, 15) is 9.59 Å². The van der Waals surface area contributed by atoms with E-state index in [2.05, 4.69) is 10.3 Å². The van der Waals surface area contributed by atoms with E-state index >= 15 is 0 Å². The molecule has 0 aliphatic carbocycles. The number of nitrogens with zero attached hydrogens (tertiary/aromatic N) is 2. The number of carbonyl (C=O) groups excluding carboxylic acids is 2. The van der Waals surface area contributed by atoms with Gasteiger partial charge in [-0.15, -0.1) is 0 Å². The molecule has 0 saturated carbocycles. The molecular weight excluding hydrogens is 134 g/mol. The van der Waals surface area contributed by atoms with Crippen LogP contribution < -0.4 is 5.32 Å². The second-order valence-corrected chi connectivity index (χ2v) is 1.96. The smallest absolute Gasteiger partial charge is 0.246 e. The van der Waals surface area contributed by atoms with Crippen molar-refractivity contribution < 1.29 is 9.59 Å². The first kappa shape index (κ1) is 6.73. The highest BCUT2D eigenvalue weighted by molar-refractivity contribution is 6.05. The number of amides is 2. The first-order valence-electron chi connectivity index (χ1n) is 2.76. The maximum Gasteiger partial charge on any atom is 0.246 e. The molecule has 10 heavy (non-hydrogen) atoms. The fraction of sp³-hybridized carbons (Fsp3) is 0.400. The molecule has 0 aromatic heterocycles. The Kier molecular flexibility index (Phi) is 1.66. The Balaban J connectivity index is 2.71. The molecule has 1 rings (SSSR count). The van der Waals surface area contributed by atoms with E-state index in [0.717, 1.165) is 0 Å². The molecule has 1 aliphatic rings. The van der Waals surface area contributed by atoms with Crippen molar-refractivity contribution in [2.45, 2.75) is 0 Å². The van der Waals surface area contributed by atoms with Gasteiger partial charge in [0.25, 0.3) is 0 Å². The minimum absolute atomic E-state index is 0.136. The molecule has 0 radical (unpaired) electrons. The average Bonchev–Trinajstić information content (AvgIpc) is 2.13. The predicted molar refractivity (Wildman–Crippen MR) is 34.3 cm³/mol. The fourth-order valence-corrected chi connectivity index (χ4v) is 0.731. The molecule has 0 atom stereocenters. The molecule has 0 aromatic rings. The van der Waals surface area contributed by atoms with Crippen LogP contribution in [-0.4, -0.2) is 36.8 Å². The van der Waals surface area contributed by atoms with Crippen LogP contribution >= 0.6 is 0 Å². The van der Waals surface area contributed by atoms with Crippen LogP contribution in [-0.2, 0) is 9.59 Å². The van der Waals surface area contributed by atoms with Crippen molar-refractivity contribution in [3.63, 3.8) is 0 Å². The number of guanidine groups is 1. The van der Waals surface area contributed by atoms with E-state index in [1.54, 1.807) is 11.9 Å². The normalized spacial score (nSPS) is 21.5. The van der Waals surface area contributed by atoms with Gasteiger partial charge >= 0.3 is 0 Å². The second kappa shape index (κ2) is 2.47. The number of hydrogen-bond donors (Lipinski definition) is 1. The highest BCUT2D eigenvalue weighted by Gasteiger charge is 2.20. The van der Waals surface area contributed by atoms with E-state index in [0.29, 0.717) is 12.4 Å². The first-order chi connectivity index (χ1) is 4.74. The van der Waals surface area contributed by atoms with E-state index in [-0.39, 0.29) is 12.5 Å². The van der Waals surface area contributed by atoms with Gasteiger partial charge in [-0.25, -0.2) is 0 Å². The lowest BCUT2D eigenvalue weighted by molar-refractivity contribution is -0.118. The summed E-state index contributed by atoms with van der Waals surface area (Å²) in [7, 11) is 1.68. The Morgan fingerprint density at radius 2 is 2.50 bits per heavy atom. The van der Waals surface area contributed by atoms with Gasteiger partial charge in [-0.3, -0.25) is 14.9 Å². The monoisotopic (exact) mass is 141 g/mol. The largest absolute Gasteiger partial charge is 0.336 e. The van der Waals surface area contributed by atoms with Crippen molar-refractivity contribution in [1.29, 1.82) is 0 Å². The van der Waals surface area contributed by atoms with Crippen molar-refractivity contribution in [1.82, 2.24) is 10.2 Å². The summed E-state index contributed by atoms with van der Waals surface area (Å²) in [6, 6.07) is 0. The lowest BCUT2D eigenvalue weighted by Gasteiger charge is -2.05. The van der Waals surface area contributed by atoms with Crippen LogP contribution in [0.4, 0.5) is 0 Å². The minimum Gasteiger partial charge on any atom is -0.336 e. The van der Waals surface area contributed by atoms with Crippen LogP contribution in [0.5, 0.6) is 0 Å². The number of rotatable bonds is 1. The van der Waals surface area contributed by atoms with Crippen molar-refractivity contribution in [3.8, 4) is 0 Å². The Morgan fingerprint density at radius 3 is 2.90 bits per heavy atom. The van der Waals surface area contributed by atoms with Gasteiger partial charge in [-0.05, 0) is 0 Å². The number of aliphatic imine (C=N–C) groups is 1. The molecule has 2 amide bonds. The maximum atomic E-state index is 10.6. The Labute approximate surface area is 57.7 Å². The molecule has 5 nitrogen and oxygen atoms in total. The van der Waals surface area contributed by atoms with Crippen molar-refractivity contribution in [2.24, 2.45) is 4.99 Å². The molecule has 54 valence electrons. The zero-order chi connectivity index (χ0) is 7.56. The highest BCUT2D eigenvalue weighted by Crippen LogP contribution is 1.91. The summed E-state index contributed by atoms with van der Waals surface area (Å²) < 4.78 is 0. The van der Waals surface area contributed by atoms with Gasteiger partial charge in [0.05, 0.1) is 6.54 Å².